The molecule has 32 heavy (non-hydrogen) atoms. The Morgan fingerprint density at radius 1 is 1.06 bits per heavy atom. The fourth-order valence-electron chi connectivity index (χ4n) is 4.91. The molecule has 8 heteroatoms. The molecule has 0 aliphatic carbocycles. The van der Waals surface area contributed by atoms with Gasteiger partial charge in [0, 0.05) is 24.0 Å². The van der Waals surface area contributed by atoms with E-state index < -0.39 is 5.79 Å². The largest absolute Gasteiger partial charge is 0.383 e. The number of aromatic nitrogens is 4. The van der Waals surface area contributed by atoms with Crippen molar-refractivity contribution in [3.63, 3.8) is 0 Å². The average Bonchev–Trinajstić information content (AvgIpc) is 3.44. The third kappa shape index (κ3) is 3.23. The number of hydrogen-bond donors (Lipinski definition) is 1. The molecule has 164 valence electrons. The lowest BCUT2D eigenvalue weighted by molar-refractivity contribution is -0.196. The molecule has 2 N–H and O–H groups in total. The van der Waals surface area contributed by atoms with E-state index in [1.807, 2.05) is 49.1 Å². The first kappa shape index (κ1) is 19.6. The van der Waals surface area contributed by atoms with Crippen LogP contribution in [0, 0.1) is 0 Å². The van der Waals surface area contributed by atoms with Crippen molar-refractivity contribution in [1.82, 2.24) is 19.5 Å². The Bertz CT molecular complexity index is 1300. The van der Waals surface area contributed by atoms with Crippen LogP contribution in [0.5, 0.6) is 0 Å². The lowest BCUT2D eigenvalue weighted by atomic mass is 10.0. The molecule has 0 bridgehead atoms. The van der Waals surface area contributed by atoms with Crippen LogP contribution in [-0.4, -0.2) is 43.6 Å². The van der Waals surface area contributed by atoms with Crippen molar-refractivity contribution in [2.75, 3.05) is 5.73 Å². The summed E-state index contributed by atoms with van der Waals surface area (Å²) in [5.41, 5.74) is 8.01. The number of nitrogen functional groups attached to an aromatic ring is 1. The standard InChI is InChI=1S/C24H25N5O3/c1-24(2)31-19-18(6-4-14-3-5-15-7-9-26-12-16(15)11-14)30-23(20(19)32-24)29-10-8-17-21(25)27-13-28-22(17)29/h3,5,7-13,18-20,23H,4,6H2,1-2H3,(H2,25,27,28)/t18-,19-,20-,23-/m1/s1. The van der Waals surface area contributed by atoms with E-state index in [0.29, 0.717) is 5.82 Å². The SMILES string of the molecule is CC1(C)O[C@@H]2[C@H](O1)[C@@H](CCc1ccc3ccncc3c1)O[C@H]2n1ccc2c(N)ncnc21. The van der Waals surface area contributed by atoms with Crippen LogP contribution >= 0.6 is 0 Å². The first-order chi connectivity index (χ1) is 15.5. The number of anilines is 1. The number of nitrogens with two attached hydrogens (primary N) is 1. The van der Waals surface area contributed by atoms with Crippen LogP contribution in [0.4, 0.5) is 5.82 Å². The molecule has 8 nitrogen and oxygen atoms in total. The molecular weight excluding hydrogens is 406 g/mol. The Balaban J connectivity index is 1.28. The van der Waals surface area contributed by atoms with E-state index in [1.165, 1.54) is 17.3 Å². The summed E-state index contributed by atoms with van der Waals surface area (Å²) in [5.74, 6) is -0.212. The van der Waals surface area contributed by atoms with Crippen molar-refractivity contribution in [2.45, 2.75) is 57.0 Å². The van der Waals surface area contributed by atoms with Gasteiger partial charge in [0.2, 0.25) is 0 Å². The molecule has 0 radical (unpaired) electrons. The number of rotatable bonds is 4. The highest BCUT2D eigenvalue weighted by molar-refractivity contribution is 5.86. The molecule has 4 atom stereocenters. The second kappa shape index (κ2) is 7.23. The molecule has 0 unspecified atom stereocenters. The molecule has 2 aliphatic rings. The van der Waals surface area contributed by atoms with Crippen LogP contribution in [0.25, 0.3) is 21.8 Å². The highest BCUT2D eigenvalue weighted by Gasteiger charge is 2.55. The summed E-state index contributed by atoms with van der Waals surface area (Å²) in [7, 11) is 0. The molecule has 0 spiro atoms. The van der Waals surface area contributed by atoms with Crippen LogP contribution in [0.2, 0.25) is 0 Å². The molecule has 1 aromatic carbocycles. The molecule has 3 aromatic heterocycles. The second-order valence-corrected chi connectivity index (χ2v) is 8.94. The molecule has 0 saturated carbocycles. The van der Waals surface area contributed by atoms with Crippen LogP contribution in [-0.2, 0) is 20.6 Å². The zero-order chi connectivity index (χ0) is 21.9. The van der Waals surface area contributed by atoms with Gasteiger partial charge >= 0.3 is 0 Å². The van der Waals surface area contributed by atoms with Crippen molar-refractivity contribution in [1.29, 1.82) is 0 Å². The van der Waals surface area contributed by atoms with Crippen LogP contribution < -0.4 is 5.73 Å². The van der Waals surface area contributed by atoms with Gasteiger partial charge < -0.3 is 24.5 Å². The average molecular weight is 431 g/mol. The van der Waals surface area contributed by atoms with Crippen molar-refractivity contribution in [3.05, 3.63) is 60.8 Å². The van der Waals surface area contributed by atoms with E-state index >= 15 is 0 Å². The maximum Gasteiger partial charge on any atom is 0.164 e. The van der Waals surface area contributed by atoms with Gasteiger partial charge in [-0.15, -0.1) is 0 Å². The molecule has 6 rings (SSSR count). The number of hydrogen-bond acceptors (Lipinski definition) is 7. The van der Waals surface area contributed by atoms with E-state index in [-0.39, 0.29) is 24.5 Å². The normalized spacial score (nSPS) is 26.7. The van der Waals surface area contributed by atoms with Crippen molar-refractivity contribution < 1.29 is 14.2 Å². The van der Waals surface area contributed by atoms with E-state index in [4.69, 9.17) is 19.9 Å². The van der Waals surface area contributed by atoms with E-state index in [9.17, 15) is 0 Å². The Morgan fingerprint density at radius 3 is 2.84 bits per heavy atom. The molecular formula is C24H25N5O3. The predicted octanol–water partition coefficient (Wildman–Crippen LogP) is 3.61. The topological polar surface area (TPSA) is 97.3 Å². The zero-order valence-corrected chi connectivity index (χ0v) is 18.0. The maximum atomic E-state index is 6.52. The molecule has 2 aliphatic heterocycles. The van der Waals surface area contributed by atoms with Gasteiger partial charge in [-0.3, -0.25) is 4.98 Å². The molecule has 4 aromatic rings. The van der Waals surface area contributed by atoms with Gasteiger partial charge in [-0.2, -0.15) is 0 Å². The van der Waals surface area contributed by atoms with Gasteiger partial charge in [-0.25, -0.2) is 9.97 Å². The van der Waals surface area contributed by atoms with Crippen LogP contribution in [0.3, 0.4) is 0 Å². The highest BCUT2D eigenvalue weighted by Crippen LogP contribution is 2.45. The fraction of sp³-hybridized carbons (Fsp3) is 0.375. The van der Waals surface area contributed by atoms with E-state index in [1.54, 1.807) is 0 Å². The Morgan fingerprint density at radius 2 is 1.94 bits per heavy atom. The summed E-state index contributed by atoms with van der Waals surface area (Å²) in [4.78, 5) is 12.8. The lowest BCUT2D eigenvalue weighted by Gasteiger charge is -2.25. The summed E-state index contributed by atoms with van der Waals surface area (Å²) in [5, 5.41) is 3.14. The monoisotopic (exact) mass is 431 g/mol. The Hall–Kier alpha value is -3.07. The number of ether oxygens (including phenoxy) is 3. The number of pyridine rings is 1. The molecule has 2 saturated heterocycles. The van der Waals surface area contributed by atoms with Gasteiger partial charge in [0.05, 0.1) is 11.5 Å². The van der Waals surface area contributed by atoms with Gasteiger partial charge in [-0.1, -0.05) is 12.1 Å². The smallest absolute Gasteiger partial charge is 0.164 e. The summed E-state index contributed by atoms with van der Waals surface area (Å²) >= 11 is 0. The zero-order valence-electron chi connectivity index (χ0n) is 18.0. The highest BCUT2D eigenvalue weighted by atomic mass is 16.8. The first-order valence-corrected chi connectivity index (χ1v) is 10.9. The van der Waals surface area contributed by atoms with Gasteiger partial charge in [0.15, 0.2) is 12.0 Å². The van der Waals surface area contributed by atoms with Gasteiger partial charge in [-0.05, 0) is 55.8 Å². The van der Waals surface area contributed by atoms with Gasteiger partial charge in [0.25, 0.3) is 0 Å². The van der Waals surface area contributed by atoms with Gasteiger partial charge in [0.1, 0.15) is 30.0 Å². The molecule has 0 amide bonds. The van der Waals surface area contributed by atoms with Crippen molar-refractivity contribution >= 4 is 27.6 Å². The lowest BCUT2D eigenvalue weighted by Crippen LogP contribution is -2.29. The van der Waals surface area contributed by atoms with Crippen LogP contribution in [0.15, 0.2) is 55.2 Å². The second-order valence-electron chi connectivity index (χ2n) is 8.94. The molecule has 5 heterocycles. The minimum absolute atomic E-state index is 0.104. The van der Waals surface area contributed by atoms with E-state index in [0.717, 1.165) is 29.3 Å². The van der Waals surface area contributed by atoms with Crippen molar-refractivity contribution in [2.24, 2.45) is 0 Å². The maximum absolute atomic E-state index is 6.52. The third-order valence-electron chi connectivity index (χ3n) is 6.36. The fourth-order valence-corrected chi connectivity index (χ4v) is 4.91. The van der Waals surface area contributed by atoms with Crippen LogP contribution in [0.1, 0.15) is 32.1 Å². The number of nitrogens with zero attached hydrogens (tertiary/aromatic N) is 4. The third-order valence-corrected chi connectivity index (χ3v) is 6.36. The first-order valence-electron chi connectivity index (χ1n) is 10.9. The number of fused-ring (bicyclic) bond motifs is 3. The predicted molar refractivity (Wildman–Crippen MR) is 120 cm³/mol. The summed E-state index contributed by atoms with van der Waals surface area (Å²) in [6.07, 6.45) is 7.97. The minimum atomic E-state index is -0.665. The summed E-state index contributed by atoms with van der Waals surface area (Å²) in [6, 6.07) is 10.4. The minimum Gasteiger partial charge on any atom is -0.383 e. The summed E-state index contributed by atoms with van der Waals surface area (Å²) < 4.78 is 21.1. The van der Waals surface area contributed by atoms with E-state index in [2.05, 4.69) is 33.2 Å². The summed E-state index contributed by atoms with van der Waals surface area (Å²) in [6.45, 7) is 3.90. The Labute approximate surface area is 185 Å². The van der Waals surface area contributed by atoms with Crippen molar-refractivity contribution in [3.8, 4) is 0 Å². The molecule has 2 fully saturated rings. The number of benzene rings is 1. The quantitative estimate of drug-likeness (QED) is 0.527. The Kier molecular flexibility index (Phi) is 4.43. The number of aryl methyl sites for hydroxylation is 1.